The predicted octanol–water partition coefficient (Wildman–Crippen LogP) is 1.14. The van der Waals surface area contributed by atoms with Crippen molar-refractivity contribution in [2.45, 2.75) is 19.4 Å². The number of hydrogen-bond acceptors (Lipinski definition) is 5. The monoisotopic (exact) mass is 248 g/mol. The van der Waals surface area contributed by atoms with Gasteiger partial charge in [0.1, 0.15) is 5.69 Å². The molecule has 0 aromatic heterocycles. The number of anilines is 1. The van der Waals surface area contributed by atoms with Crippen LogP contribution in [0.1, 0.15) is 18.9 Å². The molecule has 1 unspecified atom stereocenters. The number of hydrogen-bond donors (Lipinski definition) is 2. The van der Waals surface area contributed by atoms with Gasteiger partial charge in [-0.05, 0) is 18.6 Å². The van der Waals surface area contributed by atoms with Crippen LogP contribution in [0.15, 0.2) is 18.2 Å². The molecule has 7 nitrogen and oxygen atoms in total. The number of nitrogens with two attached hydrogens (primary N) is 1. The fraction of sp³-hybridized carbons (Fsp3) is 0.273. The van der Waals surface area contributed by atoms with E-state index in [0.717, 1.165) is 6.07 Å². The highest BCUT2D eigenvalue weighted by Gasteiger charge is 2.19. The number of nitrogens with zero attached hydrogens (tertiary/aromatic N) is 2. The van der Waals surface area contributed by atoms with Crippen LogP contribution in [0.25, 0.3) is 0 Å². The Balaban J connectivity index is 3.06. The molecule has 0 aliphatic carbocycles. The zero-order valence-corrected chi connectivity index (χ0v) is 9.71. The quantitative estimate of drug-likeness (QED) is 0.611. The Kier molecular flexibility index (Phi) is 4.34. The molecule has 0 fully saturated rings. The van der Waals surface area contributed by atoms with E-state index in [9.17, 15) is 14.9 Å². The van der Waals surface area contributed by atoms with Gasteiger partial charge in [0.2, 0.25) is 5.91 Å². The summed E-state index contributed by atoms with van der Waals surface area (Å²) in [7, 11) is 0. The molecule has 7 heteroatoms. The standard InChI is InChI=1S/C11H12N4O3/c1-2-8(13)11(16)14-9-4-3-7(6-12)5-10(9)15(17)18/h3-5,8H,2,13H2,1H3,(H,14,16). The Morgan fingerprint density at radius 3 is 2.83 bits per heavy atom. The van der Waals surface area contributed by atoms with Crippen molar-refractivity contribution in [3.05, 3.63) is 33.9 Å². The van der Waals surface area contributed by atoms with Gasteiger partial charge in [-0.3, -0.25) is 14.9 Å². The van der Waals surface area contributed by atoms with E-state index in [1.165, 1.54) is 12.1 Å². The van der Waals surface area contributed by atoms with Crippen molar-refractivity contribution in [2.75, 3.05) is 5.32 Å². The highest BCUT2D eigenvalue weighted by atomic mass is 16.6. The van der Waals surface area contributed by atoms with Crippen LogP contribution >= 0.6 is 0 Å². The number of amides is 1. The Labute approximate surface area is 103 Å². The second kappa shape index (κ2) is 5.75. The van der Waals surface area contributed by atoms with Gasteiger partial charge >= 0.3 is 0 Å². The lowest BCUT2D eigenvalue weighted by molar-refractivity contribution is -0.383. The fourth-order valence-corrected chi connectivity index (χ4v) is 1.27. The van der Waals surface area contributed by atoms with Crippen LogP contribution in [0.2, 0.25) is 0 Å². The maximum Gasteiger partial charge on any atom is 0.294 e. The van der Waals surface area contributed by atoms with E-state index in [1.54, 1.807) is 13.0 Å². The van der Waals surface area contributed by atoms with Crippen molar-refractivity contribution in [3.63, 3.8) is 0 Å². The topological polar surface area (TPSA) is 122 Å². The first-order chi connectivity index (χ1) is 8.49. The lowest BCUT2D eigenvalue weighted by atomic mass is 10.1. The highest BCUT2D eigenvalue weighted by Crippen LogP contribution is 2.25. The molecule has 1 atom stereocenters. The molecule has 0 bridgehead atoms. The third-order valence-electron chi connectivity index (χ3n) is 2.36. The van der Waals surface area contributed by atoms with E-state index < -0.39 is 16.9 Å². The van der Waals surface area contributed by atoms with E-state index in [-0.39, 0.29) is 16.9 Å². The third-order valence-corrected chi connectivity index (χ3v) is 2.36. The van der Waals surface area contributed by atoms with Crippen LogP contribution in [0.4, 0.5) is 11.4 Å². The summed E-state index contributed by atoms with van der Waals surface area (Å²) in [5.74, 6) is -0.495. The maximum absolute atomic E-state index is 11.5. The summed E-state index contributed by atoms with van der Waals surface area (Å²) in [5, 5.41) is 21.9. The highest BCUT2D eigenvalue weighted by molar-refractivity contribution is 5.96. The first-order valence-corrected chi connectivity index (χ1v) is 5.24. The van der Waals surface area contributed by atoms with Crippen LogP contribution in [-0.2, 0) is 4.79 Å². The van der Waals surface area contributed by atoms with Crippen molar-refractivity contribution in [3.8, 4) is 6.07 Å². The summed E-state index contributed by atoms with van der Waals surface area (Å²) in [6.45, 7) is 1.73. The number of nitro benzene ring substituents is 1. The van der Waals surface area contributed by atoms with E-state index in [4.69, 9.17) is 11.0 Å². The molecule has 0 saturated heterocycles. The molecule has 0 radical (unpaired) electrons. The van der Waals surface area contributed by atoms with E-state index in [2.05, 4.69) is 5.32 Å². The largest absolute Gasteiger partial charge is 0.320 e. The average Bonchev–Trinajstić information content (AvgIpc) is 2.37. The van der Waals surface area contributed by atoms with Gasteiger partial charge in [0.25, 0.3) is 5.69 Å². The van der Waals surface area contributed by atoms with Crippen LogP contribution in [0.5, 0.6) is 0 Å². The second-order valence-electron chi connectivity index (χ2n) is 3.60. The summed E-state index contributed by atoms with van der Waals surface area (Å²) in [6, 6.07) is 4.88. The molecule has 18 heavy (non-hydrogen) atoms. The van der Waals surface area contributed by atoms with E-state index >= 15 is 0 Å². The molecule has 0 spiro atoms. The van der Waals surface area contributed by atoms with Crippen LogP contribution in [0.3, 0.4) is 0 Å². The summed E-state index contributed by atoms with van der Waals surface area (Å²) in [4.78, 5) is 21.7. The lowest BCUT2D eigenvalue weighted by Gasteiger charge is -2.10. The SMILES string of the molecule is CCC(N)C(=O)Nc1ccc(C#N)cc1[N+](=O)[O-]. The fourth-order valence-electron chi connectivity index (χ4n) is 1.27. The van der Waals surface area contributed by atoms with Gasteiger partial charge in [-0.25, -0.2) is 0 Å². The number of carbonyl (C=O) groups is 1. The molecular formula is C11H12N4O3. The van der Waals surface area contributed by atoms with Crippen molar-refractivity contribution in [2.24, 2.45) is 5.73 Å². The van der Waals surface area contributed by atoms with E-state index in [0.29, 0.717) is 6.42 Å². The minimum absolute atomic E-state index is 0.0351. The summed E-state index contributed by atoms with van der Waals surface area (Å²) in [5.41, 5.74) is 5.37. The normalized spacial score (nSPS) is 11.4. The molecule has 0 aliphatic heterocycles. The average molecular weight is 248 g/mol. The Bertz CT molecular complexity index is 522. The number of benzene rings is 1. The van der Waals surface area contributed by atoms with Gasteiger partial charge in [-0.15, -0.1) is 0 Å². The Morgan fingerprint density at radius 2 is 2.33 bits per heavy atom. The molecule has 0 heterocycles. The molecule has 1 rings (SSSR count). The molecule has 1 aromatic carbocycles. The second-order valence-corrected chi connectivity index (χ2v) is 3.60. The van der Waals surface area contributed by atoms with Crippen molar-refractivity contribution < 1.29 is 9.72 Å². The van der Waals surface area contributed by atoms with Gasteiger partial charge in [-0.2, -0.15) is 5.26 Å². The number of nitro groups is 1. The first kappa shape index (κ1) is 13.6. The molecule has 1 aromatic rings. The van der Waals surface area contributed by atoms with Gasteiger partial charge in [0.15, 0.2) is 0 Å². The minimum Gasteiger partial charge on any atom is -0.320 e. The van der Waals surface area contributed by atoms with Gasteiger partial charge in [0, 0.05) is 6.07 Å². The zero-order valence-electron chi connectivity index (χ0n) is 9.71. The maximum atomic E-state index is 11.5. The van der Waals surface area contributed by atoms with Gasteiger partial charge in [0.05, 0.1) is 22.6 Å². The summed E-state index contributed by atoms with van der Waals surface area (Å²) >= 11 is 0. The van der Waals surface area contributed by atoms with Crippen molar-refractivity contribution in [1.29, 1.82) is 5.26 Å². The van der Waals surface area contributed by atoms with Gasteiger partial charge in [-0.1, -0.05) is 6.92 Å². The predicted molar refractivity (Wildman–Crippen MR) is 64.7 cm³/mol. The molecule has 0 saturated carbocycles. The molecule has 0 aliphatic rings. The van der Waals surface area contributed by atoms with Gasteiger partial charge < -0.3 is 11.1 Å². The Hall–Kier alpha value is -2.46. The molecule has 3 N–H and O–H groups in total. The van der Waals surface area contributed by atoms with Crippen LogP contribution in [0, 0.1) is 21.4 Å². The smallest absolute Gasteiger partial charge is 0.294 e. The number of carbonyl (C=O) groups excluding carboxylic acids is 1. The summed E-state index contributed by atoms with van der Waals surface area (Å²) < 4.78 is 0. The minimum atomic E-state index is -0.722. The number of nitriles is 1. The van der Waals surface area contributed by atoms with Crippen LogP contribution in [-0.4, -0.2) is 16.9 Å². The molecule has 94 valence electrons. The zero-order chi connectivity index (χ0) is 13.7. The number of rotatable bonds is 4. The molecule has 1 amide bonds. The third kappa shape index (κ3) is 3.02. The number of nitrogens with one attached hydrogen (secondary N) is 1. The van der Waals surface area contributed by atoms with Crippen molar-refractivity contribution >= 4 is 17.3 Å². The van der Waals surface area contributed by atoms with E-state index in [1.807, 2.05) is 0 Å². The van der Waals surface area contributed by atoms with Crippen LogP contribution < -0.4 is 11.1 Å². The molecular weight excluding hydrogens is 236 g/mol. The first-order valence-electron chi connectivity index (χ1n) is 5.24. The summed E-state index contributed by atoms with van der Waals surface area (Å²) in [6.07, 6.45) is 0.426. The Morgan fingerprint density at radius 1 is 1.67 bits per heavy atom. The van der Waals surface area contributed by atoms with Crippen molar-refractivity contribution in [1.82, 2.24) is 0 Å². The lowest BCUT2D eigenvalue weighted by Crippen LogP contribution is -2.34.